The monoisotopic (exact) mass is 232 g/mol. The third-order valence-electron chi connectivity index (χ3n) is 2.27. The van der Waals surface area contributed by atoms with Crippen LogP contribution in [0.3, 0.4) is 0 Å². The maximum atomic E-state index is 10.8. The minimum atomic E-state index is -1.06. The third kappa shape index (κ3) is 2.30. The van der Waals surface area contributed by atoms with Crippen LogP contribution < -0.4 is 0 Å². The first-order valence-corrected chi connectivity index (χ1v) is 5.31. The van der Waals surface area contributed by atoms with Gasteiger partial charge < -0.3 is 5.11 Å². The maximum absolute atomic E-state index is 10.8. The topological polar surface area (TPSA) is 80.9 Å². The highest BCUT2D eigenvalue weighted by molar-refractivity contribution is 5.85. The van der Waals surface area contributed by atoms with Crippen LogP contribution in [0.15, 0.2) is 24.7 Å². The fourth-order valence-corrected chi connectivity index (χ4v) is 1.51. The van der Waals surface area contributed by atoms with E-state index in [1.165, 1.54) is 12.3 Å². The van der Waals surface area contributed by atoms with Crippen molar-refractivity contribution in [2.45, 2.75) is 19.8 Å². The van der Waals surface area contributed by atoms with Gasteiger partial charge in [-0.2, -0.15) is 0 Å². The summed E-state index contributed by atoms with van der Waals surface area (Å²) in [6, 6.07) is 1.36. The molecule has 0 fully saturated rings. The molecule has 6 nitrogen and oxygen atoms in total. The Morgan fingerprint density at radius 3 is 2.94 bits per heavy atom. The zero-order valence-corrected chi connectivity index (χ0v) is 9.37. The lowest BCUT2D eigenvalue weighted by Crippen LogP contribution is -2.09. The highest BCUT2D eigenvalue weighted by atomic mass is 16.4. The summed E-state index contributed by atoms with van der Waals surface area (Å²) in [5.74, 6) is 0.103. The highest BCUT2D eigenvalue weighted by Crippen LogP contribution is 2.08. The van der Waals surface area contributed by atoms with Crippen LogP contribution in [0.25, 0.3) is 5.95 Å². The van der Waals surface area contributed by atoms with Crippen molar-refractivity contribution in [3.05, 3.63) is 36.2 Å². The Bertz CT molecular complexity index is 536. The van der Waals surface area contributed by atoms with Crippen molar-refractivity contribution in [3.63, 3.8) is 0 Å². The van der Waals surface area contributed by atoms with Gasteiger partial charge in [0.05, 0.1) is 0 Å². The Morgan fingerprint density at radius 1 is 1.41 bits per heavy atom. The molecule has 0 unspecified atom stereocenters. The molecule has 6 heteroatoms. The molecule has 0 aromatic carbocycles. The fraction of sp³-hybridized carbons (Fsp3) is 0.273. The Labute approximate surface area is 98.0 Å². The summed E-state index contributed by atoms with van der Waals surface area (Å²) in [6.07, 6.45) is 6.57. The molecule has 1 N–H and O–H groups in total. The number of carboxylic acid groups (broad SMARTS) is 1. The number of carbonyl (C=O) groups is 1. The van der Waals surface area contributed by atoms with Crippen LogP contribution in [0, 0.1) is 0 Å². The van der Waals surface area contributed by atoms with E-state index in [1.807, 2.05) is 6.92 Å². The summed E-state index contributed by atoms with van der Waals surface area (Å²) in [5.41, 5.74) is -0.0221. The number of aromatic nitrogens is 4. The number of hydrogen-bond acceptors (Lipinski definition) is 4. The van der Waals surface area contributed by atoms with E-state index in [1.54, 1.807) is 17.0 Å². The normalized spacial score (nSPS) is 10.4. The van der Waals surface area contributed by atoms with Gasteiger partial charge in [-0.05, 0) is 12.5 Å². The van der Waals surface area contributed by atoms with Gasteiger partial charge in [0.15, 0.2) is 5.69 Å². The second kappa shape index (κ2) is 4.73. The van der Waals surface area contributed by atoms with E-state index in [-0.39, 0.29) is 5.69 Å². The summed E-state index contributed by atoms with van der Waals surface area (Å²) >= 11 is 0. The third-order valence-corrected chi connectivity index (χ3v) is 2.27. The smallest absolute Gasteiger partial charge is 0.354 e. The number of imidazole rings is 1. The van der Waals surface area contributed by atoms with Gasteiger partial charge in [0.25, 0.3) is 0 Å². The number of carboxylic acids is 1. The minimum absolute atomic E-state index is 0.0221. The maximum Gasteiger partial charge on any atom is 0.354 e. The SMILES string of the molecule is CCCc1nccn1-c1nccc(C(=O)O)n1. The van der Waals surface area contributed by atoms with E-state index >= 15 is 0 Å². The molecule has 2 aromatic rings. The molecule has 0 bridgehead atoms. The lowest BCUT2D eigenvalue weighted by atomic mass is 10.3. The lowest BCUT2D eigenvalue weighted by molar-refractivity contribution is 0.0690. The standard InChI is InChI=1S/C11H12N4O2/c1-2-3-9-12-6-7-15(9)11-13-5-4-8(14-11)10(16)17/h4-7H,2-3H2,1H3,(H,16,17). The molecule has 0 aliphatic carbocycles. The number of aryl methyl sites for hydroxylation is 1. The Hall–Kier alpha value is -2.24. The first-order valence-electron chi connectivity index (χ1n) is 5.31. The second-order valence-electron chi connectivity index (χ2n) is 3.51. The van der Waals surface area contributed by atoms with Crippen molar-refractivity contribution in [2.24, 2.45) is 0 Å². The summed E-state index contributed by atoms with van der Waals surface area (Å²) in [5, 5.41) is 8.86. The molecule has 2 rings (SSSR count). The molecular weight excluding hydrogens is 220 g/mol. The van der Waals surface area contributed by atoms with E-state index in [0.29, 0.717) is 5.95 Å². The minimum Gasteiger partial charge on any atom is -0.477 e. The second-order valence-corrected chi connectivity index (χ2v) is 3.51. The van der Waals surface area contributed by atoms with Gasteiger partial charge in [-0.1, -0.05) is 6.92 Å². The predicted octanol–water partition coefficient (Wildman–Crippen LogP) is 1.31. The average Bonchev–Trinajstić information content (AvgIpc) is 2.78. The van der Waals surface area contributed by atoms with E-state index in [0.717, 1.165) is 18.7 Å². The summed E-state index contributed by atoms with van der Waals surface area (Å²) in [7, 11) is 0. The molecule has 0 radical (unpaired) electrons. The molecule has 2 aromatic heterocycles. The quantitative estimate of drug-likeness (QED) is 0.859. The van der Waals surface area contributed by atoms with Crippen molar-refractivity contribution in [3.8, 4) is 5.95 Å². The molecule has 0 amide bonds. The average molecular weight is 232 g/mol. The van der Waals surface area contributed by atoms with Gasteiger partial charge in [0, 0.05) is 25.0 Å². The molecule has 88 valence electrons. The van der Waals surface area contributed by atoms with Crippen LogP contribution in [-0.4, -0.2) is 30.6 Å². The van der Waals surface area contributed by atoms with Crippen LogP contribution in [0.5, 0.6) is 0 Å². The number of nitrogens with zero attached hydrogens (tertiary/aromatic N) is 4. The van der Waals surface area contributed by atoms with Crippen LogP contribution in [-0.2, 0) is 6.42 Å². The molecule has 0 saturated carbocycles. The molecular formula is C11H12N4O2. The van der Waals surface area contributed by atoms with Gasteiger partial charge in [-0.3, -0.25) is 4.57 Å². The van der Waals surface area contributed by atoms with Crippen LogP contribution in [0.1, 0.15) is 29.7 Å². The van der Waals surface area contributed by atoms with Gasteiger partial charge in [-0.25, -0.2) is 19.7 Å². The van der Waals surface area contributed by atoms with Crippen molar-refractivity contribution >= 4 is 5.97 Å². The molecule has 0 spiro atoms. The van der Waals surface area contributed by atoms with E-state index in [4.69, 9.17) is 5.11 Å². The first kappa shape index (κ1) is 11.3. The molecule has 0 aliphatic rings. The molecule has 0 atom stereocenters. The Morgan fingerprint density at radius 2 is 2.24 bits per heavy atom. The first-order chi connectivity index (χ1) is 8.22. The summed E-state index contributed by atoms with van der Waals surface area (Å²) < 4.78 is 1.70. The van der Waals surface area contributed by atoms with Crippen LogP contribution in [0.2, 0.25) is 0 Å². The van der Waals surface area contributed by atoms with Gasteiger partial charge >= 0.3 is 5.97 Å². The highest BCUT2D eigenvalue weighted by Gasteiger charge is 2.10. The van der Waals surface area contributed by atoms with E-state index in [2.05, 4.69) is 15.0 Å². The largest absolute Gasteiger partial charge is 0.477 e. The van der Waals surface area contributed by atoms with E-state index < -0.39 is 5.97 Å². The zero-order valence-electron chi connectivity index (χ0n) is 9.37. The predicted molar refractivity (Wildman–Crippen MR) is 60.1 cm³/mol. The lowest BCUT2D eigenvalue weighted by Gasteiger charge is -2.05. The number of aromatic carboxylic acids is 1. The molecule has 2 heterocycles. The zero-order chi connectivity index (χ0) is 12.3. The summed E-state index contributed by atoms with van der Waals surface area (Å²) in [4.78, 5) is 23.0. The van der Waals surface area contributed by atoms with Gasteiger partial charge in [0.1, 0.15) is 5.82 Å². The van der Waals surface area contributed by atoms with Gasteiger partial charge in [0.2, 0.25) is 5.95 Å². The molecule has 0 aliphatic heterocycles. The van der Waals surface area contributed by atoms with Crippen molar-refractivity contribution in [1.82, 2.24) is 19.5 Å². The van der Waals surface area contributed by atoms with Crippen molar-refractivity contribution in [2.75, 3.05) is 0 Å². The van der Waals surface area contributed by atoms with Crippen LogP contribution >= 0.6 is 0 Å². The Kier molecular flexibility index (Phi) is 3.13. The van der Waals surface area contributed by atoms with Crippen molar-refractivity contribution in [1.29, 1.82) is 0 Å². The Balaban J connectivity index is 2.42. The summed E-state index contributed by atoms with van der Waals surface area (Å²) in [6.45, 7) is 2.05. The fourth-order valence-electron chi connectivity index (χ4n) is 1.51. The molecule has 0 saturated heterocycles. The van der Waals surface area contributed by atoms with Crippen molar-refractivity contribution < 1.29 is 9.90 Å². The molecule has 17 heavy (non-hydrogen) atoms. The number of rotatable bonds is 4. The number of hydrogen-bond donors (Lipinski definition) is 1. The van der Waals surface area contributed by atoms with Crippen LogP contribution in [0.4, 0.5) is 0 Å². The van der Waals surface area contributed by atoms with Gasteiger partial charge in [-0.15, -0.1) is 0 Å². The van der Waals surface area contributed by atoms with E-state index in [9.17, 15) is 4.79 Å².